The maximum atomic E-state index is 7.52. The highest BCUT2D eigenvalue weighted by Gasteiger charge is 2.20. The van der Waals surface area contributed by atoms with Crippen LogP contribution in [0.25, 0.3) is 11.3 Å². The van der Waals surface area contributed by atoms with Gasteiger partial charge in [-0.25, -0.2) is 9.97 Å². The molecule has 0 atom stereocenters. The molecule has 2 aromatic heterocycles. The summed E-state index contributed by atoms with van der Waals surface area (Å²) in [6, 6.07) is 4.53. The lowest BCUT2D eigenvalue weighted by Crippen LogP contribution is -2.31. The van der Waals surface area contributed by atoms with Gasteiger partial charge in [0.05, 0.1) is 36.0 Å². The molecule has 1 aliphatic rings. The molecule has 0 bridgehead atoms. The third kappa shape index (κ3) is 5.83. The second-order valence-corrected chi connectivity index (χ2v) is 9.21. The predicted octanol–water partition coefficient (Wildman–Crippen LogP) is 3.40. The Bertz CT molecular complexity index is 1220. The van der Waals surface area contributed by atoms with E-state index in [1.54, 1.807) is 18.6 Å². The lowest BCUT2D eigenvalue weighted by molar-refractivity contribution is 0.212. The molecule has 3 heterocycles. The third-order valence-electron chi connectivity index (χ3n) is 6.54. The number of hydrogen-bond donors (Lipinski definition) is 4. The molecule has 3 aromatic rings. The Morgan fingerprint density at radius 2 is 1.94 bits per heavy atom. The van der Waals surface area contributed by atoms with Crippen molar-refractivity contribution in [2.24, 2.45) is 0 Å². The molecule has 4 rings (SSSR count). The van der Waals surface area contributed by atoms with Gasteiger partial charge >= 0.3 is 0 Å². The third-order valence-corrected chi connectivity index (χ3v) is 6.54. The molecule has 190 valence electrons. The van der Waals surface area contributed by atoms with Crippen molar-refractivity contribution in [3.05, 3.63) is 59.3 Å². The fraction of sp³-hybridized carbons (Fsp3) is 0.385. The van der Waals surface area contributed by atoms with E-state index in [9.17, 15) is 0 Å². The highest BCUT2D eigenvalue weighted by molar-refractivity contribution is 5.74. The van der Waals surface area contributed by atoms with Crippen LogP contribution >= 0.6 is 0 Å². The summed E-state index contributed by atoms with van der Waals surface area (Å²) in [5.41, 5.74) is 11.8. The van der Waals surface area contributed by atoms with Crippen LogP contribution in [0.5, 0.6) is 11.6 Å². The monoisotopic (exact) mass is 489 g/mol. The first-order valence-corrected chi connectivity index (χ1v) is 12.1. The highest BCUT2D eigenvalue weighted by atomic mass is 16.5. The van der Waals surface area contributed by atoms with Crippen LogP contribution in [0.1, 0.15) is 35.6 Å². The molecule has 10 heteroatoms. The van der Waals surface area contributed by atoms with Crippen LogP contribution in [0.3, 0.4) is 0 Å². The van der Waals surface area contributed by atoms with Crippen LogP contribution in [0.2, 0.25) is 0 Å². The molecule has 0 saturated carbocycles. The molecule has 5 N–H and O–H groups in total. The quantitative estimate of drug-likeness (QED) is 0.337. The van der Waals surface area contributed by atoms with Crippen LogP contribution < -0.4 is 21.1 Å². The van der Waals surface area contributed by atoms with E-state index in [1.807, 2.05) is 17.9 Å². The molecule has 0 aliphatic carbocycles. The summed E-state index contributed by atoms with van der Waals surface area (Å²) in [6.07, 6.45) is 10.5. The van der Waals surface area contributed by atoms with Crippen molar-refractivity contribution in [2.45, 2.75) is 39.3 Å². The van der Waals surface area contributed by atoms with Crippen LogP contribution in [0, 0.1) is 19.3 Å². The Kier molecular flexibility index (Phi) is 7.84. The predicted molar refractivity (Wildman–Crippen MR) is 142 cm³/mol. The molecule has 36 heavy (non-hydrogen) atoms. The summed E-state index contributed by atoms with van der Waals surface area (Å²) in [5, 5.41) is 18.3. The fourth-order valence-corrected chi connectivity index (χ4v) is 4.45. The number of benzene rings is 1. The lowest BCUT2D eigenvalue weighted by atomic mass is 9.98. The zero-order valence-electron chi connectivity index (χ0n) is 21.4. The molecule has 1 fully saturated rings. The number of rotatable bonds is 9. The SMILES string of the molecule is CN/C=C(\C=N)NCc1c(C)cc(-c2cnc(N)c(Oc3cnn(C4CCN(C)CC4)c3)n2)cc1C. The number of nitrogens with zero attached hydrogens (tertiary/aromatic N) is 5. The van der Waals surface area contributed by atoms with E-state index in [1.165, 1.54) is 11.8 Å². The van der Waals surface area contributed by atoms with E-state index in [4.69, 9.17) is 15.9 Å². The van der Waals surface area contributed by atoms with Gasteiger partial charge in [-0.1, -0.05) is 0 Å². The molecule has 1 aliphatic heterocycles. The summed E-state index contributed by atoms with van der Waals surface area (Å²) < 4.78 is 7.99. The lowest BCUT2D eigenvalue weighted by Gasteiger charge is -2.28. The summed E-state index contributed by atoms with van der Waals surface area (Å²) in [5.74, 6) is 1.09. The average molecular weight is 490 g/mol. The minimum Gasteiger partial charge on any atom is -0.433 e. The van der Waals surface area contributed by atoms with Crippen molar-refractivity contribution >= 4 is 12.0 Å². The molecule has 1 aromatic carbocycles. The average Bonchev–Trinajstić information content (AvgIpc) is 3.33. The van der Waals surface area contributed by atoms with Gasteiger partial charge in [0, 0.05) is 31.6 Å². The first-order chi connectivity index (χ1) is 17.4. The number of aryl methyl sites for hydroxylation is 2. The zero-order chi connectivity index (χ0) is 25.7. The van der Waals surface area contributed by atoms with E-state index >= 15 is 0 Å². The molecule has 10 nitrogen and oxygen atoms in total. The van der Waals surface area contributed by atoms with Gasteiger partial charge in [-0.05, 0) is 75.6 Å². The van der Waals surface area contributed by atoms with E-state index in [0.717, 1.165) is 42.6 Å². The van der Waals surface area contributed by atoms with Gasteiger partial charge in [0.15, 0.2) is 11.6 Å². The van der Waals surface area contributed by atoms with Crippen molar-refractivity contribution in [1.29, 1.82) is 5.41 Å². The Hall–Kier alpha value is -3.92. The number of aromatic nitrogens is 4. The number of ether oxygens (including phenoxy) is 1. The van der Waals surface area contributed by atoms with Gasteiger partial charge in [-0.2, -0.15) is 5.10 Å². The Morgan fingerprint density at radius 3 is 2.61 bits per heavy atom. The molecule has 0 unspecified atom stereocenters. The fourth-order valence-electron chi connectivity index (χ4n) is 4.45. The number of allylic oxidation sites excluding steroid dienone is 1. The molecular formula is C26H35N9O. The maximum absolute atomic E-state index is 7.52. The number of nitrogens with two attached hydrogens (primary N) is 1. The van der Waals surface area contributed by atoms with Crippen molar-refractivity contribution in [1.82, 2.24) is 35.3 Å². The zero-order valence-corrected chi connectivity index (χ0v) is 21.4. The number of nitrogen functional groups attached to an aromatic ring is 1. The van der Waals surface area contributed by atoms with E-state index < -0.39 is 0 Å². The van der Waals surface area contributed by atoms with Gasteiger partial charge in [0.2, 0.25) is 0 Å². The standard InChI is InChI=1S/C26H35N9O/c1-17-9-19(10-18(2)23(17)14-30-20(11-27)12-29-3)24-15-31-25(28)26(33-24)36-22-13-32-35(16-22)21-5-7-34(4)8-6-21/h9-13,15-16,21,27,29-30H,5-8,14H2,1-4H3,(H2,28,31)/b20-12+,27-11?. The van der Waals surface area contributed by atoms with Crippen molar-refractivity contribution < 1.29 is 4.74 Å². The second kappa shape index (κ2) is 11.2. The van der Waals surface area contributed by atoms with E-state index in [2.05, 4.69) is 63.6 Å². The van der Waals surface area contributed by atoms with Crippen molar-refractivity contribution in [2.75, 3.05) is 32.9 Å². The van der Waals surface area contributed by atoms with Gasteiger partial charge in [-0.3, -0.25) is 4.68 Å². The Balaban J connectivity index is 1.51. The largest absolute Gasteiger partial charge is 0.433 e. The molecule has 0 amide bonds. The maximum Gasteiger partial charge on any atom is 0.263 e. The second-order valence-electron chi connectivity index (χ2n) is 9.21. The van der Waals surface area contributed by atoms with Crippen LogP contribution in [0.4, 0.5) is 5.82 Å². The van der Waals surface area contributed by atoms with Gasteiger partial charge in [0.25, 0.3) is 5.88 Å². The van der Waals surface area contributed by atoms with Crippen molar-refractivity contribution in [3.63, 3.8) is 0 Å². The van der Waals surface area contributed by atoms with Gasteiger partial charge in [-0.15, -0.1) is 0 Å². The van der Waals surface area contributed by atoms with E-state index in [0.29, 0.717) is 29.7 Å². The summed E-state index contributed by atoms with van der Waals surface area (Å²) >= 11 is 0. The van der Waals surface area contributed by atoms with Gasteiger partial charge in [0.1, 0.15) is 0 Å². The minimum absolute atomic E-state index is 0.232. The van der Waals surface area contributed by atoms with Crippen LogP contribution in [0.15, 0.2) is 42.6 Å². The van der Waals surface area contributed by atoms with E-state index in [-0.39, 0.29) is 11.7 Å². The summed E-state index contributed by atoms with van der Waals surface area (Å²) in [6.45, 7) is 6.87. The molecule has 1 saturated heterocycles. The van der Waals surface area contributed by atoms with Gasteiger partial charge < -0.3 is 31.4 Å². The Morgan fingerprint density at radius 1 is 1.22 bits per heavy atom. The number of piperidine rings is 1. The topological polar surface area (TPSA) is 130 Å². The van der Waals surface area contributed by atoms with Crippen LogP contribution in [-0.2, 0) is 6.54 Å². The molecule has 0 radical (unpaired) electrons. The Labute approximate surface area is 212 Å². The normalized spacial score (nSPS) is 15.1. The highest BCUT2D eigenvalue weighted by Crippen LogP contribution is 2.30. The number of likely N-dealkylation sites (tertiary alicyclic amines) is 1. The minimum atomic E-state index is 0.232. The number of anilines is 1. The summed E-state index contributed by atoms with van der Waals surface area (Å²) in [7, 11) is 3.95. The first kappa shape index (κ1) is 25.2. The van der Waals surface area contributed by atoms with Crippen LogP contribution in [-0.4, -0.2) is 58.0 Å². The smallest absolute Gasteiger partial charge is 0.263 e. The molecular weight excluding hydrogens is 454 g/mol. The number of nitrogens with one attached hydrogen (secondary N) is 3. The number of hydrogen-bond acceptors (Lipinski definition) is 9. The van der Waals surface area contributed by atoms with Crippen molar-refractivity contribution in [3.8, 4) is 22.9 Å². The first-order valence-electron chi connectivity index (χ1n) is 12.1. The molecule has 0 spiro atoms. The summed E-state index contributed by atoms with van der Waals surface area (Å²) in [4.78, 5) is 11.3.